The number of para-hydroxylation sites is 4. The number of hydrogen-bond acceptors (Lipinski definition) is 3. The monoisotopic (exact) mass is 412 g/mol. The van der Waals surface area contributed by atoms with E-state index in [1.165, 1.54) is 5.56 Å². The summed E-state index contributed by atoms with van der Waals surface area (Å²) in [5.41, 5.74) is 4.26. The van der Waals surface area contributed by atoms with Crippen LogP contribution >= 0.6 is 0 Å². The van der Waals surface area contributed by atoms with Gasteiger partial charge in [-0.2, -0.15) is 5.10 Å². The predicted molar refractivity (Wildman–Crippen MR) is 123 cm³/mol. The first kappa shape index (κ1) is 20.2. The Morgan fingerprint density at radius 3 is 2.45 bits per heavy atom. The summed E-state index contributed by atoms with van der Waals surface area (Å²) in [5.74, 6) is 1.11. The van der Waals surface area contributed by atoms with Crippen molar-refractivity contribution in [2.45, 2.75) is 20.3 Å². The predicted octanol–water partition coefficient (Wildman–Crippen LogP) is 6.18. The lowest BCUT2D eigenvalue weighted by Gasteiger charge is -2.15. The molecule has 2 N–H and O–H groups in total. The van der Waals surface area contributed by atoms with Gasteiger partial charge in [0.15, 0.2) is 5.75 Å². The molecule has 0 saturated carbocycles. The fourth-order valence-corrected chi connectivity index (χ4v) is 3.32. The Morgan fingerprint density at radius 1 is 0.935 bits per heavy atom. The van der Waals surface area contributed by atoms with Gasteiger partial charge >= 0.3 is 6.03 Å². The normalized spacial score (nSPS) is 10.5. The Morgan fingerprint density at radius 2 is 1.65 bits per heavy atom. The van der Waals surface area contributed by atoms with E-state index in [9.17, 15) is 4.79 Å². The van der Waals surface area contributed by atoms with Crippen molar-refractivity contribution >= 4 is 17.4 Å². The van der Waals surface area contributed by atoms with E-state index in [4.69, 9.17) is 4.74 Å². The molecule has 0 aliphatic rings. The highest BCUT2D eigenvalue weighted by Crippen LogP contribution is 2.32. The summed E-state index contributed by atoms with van der Waals surface area (Å²) < 4.78 is 8.03. The number of amides is 2. The van der Waals surface area contributed by atoms with Gasteiger partial charge in [-0.05, 0) is 49.2 Å². The van der Waals surface area contributed by atoms with Crippen molar-refractivity contribution in [3.63, 3.8) is 0 Å². The zero-order valence-electron chi connectivity index (χ0n) is 17.5. The second-order valence-corrected chi connectivity index (χ2v) is 7.06. The van der Waals surface area contributed by atoms with Gasteiger partial charge in [-0.3, -0.25) is 0 Å². The molecule has 6 nitrogen and oxygen atoms in total. The van der Waals surface area contributed by atoms with E-state index in [1.807, 2.05) is 79.7 Å². The first-order valence-corrected chi connectivity index (χ1v) is 10.2. The third-order valence-corrected chi connectivity index (χ3v) is 4.78. The first-order valence-electron chi connectivity index (χ1n) is 10.2. The smallest absolute Gasteiger partial charge is 0.323 e. The minimum absolute atomic E-state index is 0.344. The Kier molecular flexibility index (Phi) is 5.98. The van der Waals surface area contributed by atoms with Crippen LogP contribution in [0.3, 0.4) is 0 Å². The van der Waals surface area contributed by atoms with Crippen LogP contribution in [0.25, 0.3) is 5.69 Å². The molecule has 0 spiro atoms. The zero-order valence-corrected chi connectivity index (χ0v) is 17.5. The summed E-state index contributed by atoms with van der Waals surface area (Å²) in [7, 11) is 0. The Bertz CT molecular complexity index is 1190. The maximum Gasteiger partial charge on any atom is 0.323 e. The lowest BCUT2D eigenvalue weighted by Crippen LogP contribution is -2.19. The second-order valence-electron chi connectivity index (χ2n) is 7.06. The number of rotatable bonds is 6. The van der Waals surface area contributed by atoms with Crippen molar-refractivity contribution in [3.8, 4) is 17.3 Å². The summed E-state index contributed by atoms with van der Waals surface area (Å²) in [6, 6.07) is 26.3. The number of carbonyl (C=O) groups excluding carboxylic acids is 1. The molecular weight excluding hydrogens is 388 g/mol. The highest BCUT2D eigenvalue weighted by atomic mass is 16.5. The van der Waals surface area contributed by atoms with Crippen LogP contribution in [0.4, 0.5) is 16.2 Å². The van der Waals surface area contributed by atoms with Crippen molar-refractivity contribution in [2.75, 3.05) is 10.6 Å². The van der Waals surface area contributed by atoms with Crippen LogP contribution < -0.4 is 15.4 Å². The van der Waals surface area contributed by atoms with Gasteiger partial charge in [0.2, 0.25) is 5.88 Å². The third kappa shape index (κ3) is 4.75. The molecule has 4 aromatic rings. The summed E-state index contributed by atoms with van der Waals surface area (Å²) >= 11 is 0. The Hall–Kier alpha value is -4.06. The lowest BCUT2D eigenvalue weighted by atomic mass is 10.1. The fourth-order valence-electron chi connectivity index (χ4n) is 3.32. The van der Waals surface area contributed by atoms with E-state index in [-0.39, 0.29) is 6.03 Å². The number of nitrogens with zero attached hydrogens (tertiary/aromatic N) is 2. The molecular formula is C25H24N4O2. The van der Waals surface area contributed by atoms with Crippen LogP contribution in [0, 0.1) is 6.92 Å². The fraction of sp³-hybridized carbons (Fsp3) is 0.120. The summed E-state index contributed by atoms with van der Waals surface area (Å²) in [4.78, 5) is 12.5. The van der Waals surface area contributed by atoms with Crippen molar-refractivity contribution in [1.82, 2.24) is 9.78 Å². The minimum Gasteiger partial charge on any atom is -0.437 e. The topological polar surface area (TPSA) is 68.2 Å². The van der Waals surface area contributed by atoms with Crippen molar-refractivity contribution in [1.29, 1.82) is 0 Å². The number of anilines is 2. The molecule has 0 aliphatic heterocycles. The molecule has 6 heteroatoms. The number of hydrogen-bond donors (Lipinski definition) is 2. The molecule has 2 amide bonds. The highest BCUT2D eigenvalue weighted by molar-refractivity contribution is 6.00. The van der Waals surface area contributed by atoms with Gasteiger partial charge in [-0.25, -0.2) is 9.48 Å². The minimum atomic E-state index is -0.344. The summed E-state index contributed by atoms with van der Waals surface area (Å²) in [6.07, 6.45) is 0.881. The van der Waals surface area contributed by atoms with Gasteiger partial charge in [0.25, 0.3) is 0 Å². The van der Waals surface area contributed by atoms with Crippen LogP contribution in [0.2, 0.25) is 0 Å². The van der Waals surface area contributed by atoms with Gasteiger partial charge < -0.3 is 15.4 Å². The van der Waals surface area contributed by atoms with Gasteiger partial charge in [0.05, 0.1) is 17.1 Å². The molecule has 156 valence electrons. The van der Waals surface area contributed by atoms with Gasteiger partial charge in [-0.15, -0.1) is 0 Å². The first-order chi connectivity index (χ1) is 15.1. The quantitative estimate of drug-likeness (QED) is 0.397. The highest BCUT2D eigenvalue weighted by Gasteiger charge is 2.15. The molecule has 0 fully saturated rings. The van der Waals surface area contributed by atoms with Gasteiger partial charge in [0, 0.05) is 11.8 Å². The van der Waals surface area contributed by atoms with E-state index in [0.717, 1.165) is 17.8 Å². The van der Waals surface area contributed by atoms with Crippen LogP contribution in [-0.4, -0.2) is 15.8 Å². The molecule has 0 aliphatic carbocycles. The average molecular weight is 412 g/mol. The van der Waals surface area contributed by atoms with Crippen LogP contribution in [0.15, 0.2) is 84.9 Å². The van der Waals surface area contributed by atoms with Crippen LogP contribution in [-0.2, 0) is 6.42 Å². The third-order valence-electron chi connectivity index (χ3n) is 4.78. The lowest BCUT2D eigenvalue weighted by molar-refractivity contribution is 0.262. The van der Waals surface area contributed by atoms with Gasteiger partial charge in [-0.1, -0.05) is 55.5 Å². The molecule has 0 bridgehead atoms. The zero-order chi connectivity index (χ0) is 21.6. The Labute approximate surface area is 181 Å². The molecule has 0 radical (unpaired) electrons. The largest absolute Gasteiger partial charge is 0.437 e. The Balaban J connectivity index is 1.59. The second kappa shape index (κ2) is 9.17. The number of ether oxygens (including phenoxy) is 1. The number of aryl methyl sites for hydroxylation is 2. The van der Waals surface area contributed by atoms with Crippen molar-refractivity contribution < 1.29 is 9.53 Å². The standard InChI is InChI=1S/C25H24N4O2/c1-3-19-11-7-9-15-22(19)29-24(17-18(2)28-29)31-23-16-10-8-14-21(23)27-25(30)26-20-12-5-4-6-13-20/h4-17H,3H2,1-2H3,(H2,26,27,30). The van der Waals surface area contributed by atoms with Gasteiger partial charge in [0.1, 0.15) is 0 Å². The van der Waals surface area contributed by atoms with Crippen LogP contribution in [0.1, 0.15) is 18.2 Å². The molecule has 1 aromatic heterocycles. The number of carbonyl (C=O) groups is 1. The van der Waals surface area contributed by atoms with E-state index >= 15 is 0 Å². The molecule has 0 unspecified atom stereocenters. The summed E-state index contributed by atoms with van der Waals surface area (Å²) in [6.45, 7) is 4.04. The van der Waals surface area contributed by atoms with E-state index < -0.39 is 0 Å². The summed E-state index contributed by atoms with van der Waals surface area (Å²) in [5, 5.41) is 10.3. The average Bonchev–Trinajstić information content (AvgIpc) is 3.15. The van der Waals surface area contributed by atoms with E-state index in [1.54, 1.807) is 10.7 Å². The number of urea groups is 1. The number of aromatic nitrogens is 2. The maximum absolute atomic E-state index is 12.5. The maximum atomic E-state index is 12.5. The number of benzene rings is 3. The van der Waals surface area contributed by atoms with Crippen molar-refractivity contribution in [3.05, 3.63) is 96.2 Å². The van der Waals surface area contributed by atoms with E-state index in [0.29, 0.717) is 23.0 Å². The van der Waals surface area contributed by atoms with Crippen molar-refractivity contribution in [2.24, 2.45) is 0 Å². The van der Waals surface area contributed by atoms with Crippen LogP contribution in [0.5, 0.6) is 11.6 Å². The SMILES string of the molecule is CCc1ccccc1-n1nc(C)cc1Oc1ccccc1NC(=O)Nc1ccccc1. The molecule has 3 aromatic carbocycles. The molecule has 1 heterocycles. The molecule has 4 rings (SSSR count). The molecule has 31 heavy (non-hydrogen) atoms. The number of nitrogens with one attached hydrogen (secondary N) is 2. The van der Waals surface area contributed by atoms with E-state index in [2.05, 4.69) is 28.7 Å². The molecule has 0 atom stereocenters. The molecule has 0 saturated heterocycles.